The first-order valence-electron chi connectivity index (χ1n) is 8.29. The number of furan rings is 1. The average molecular weight is 291 g/mol. The van der Waals surface area contributed by atoms with Crippen LogP contribution in [0.2, 0.25) is 0 Å². The minimum absolute atomic E-state index is 0.131. The van der Waals surface area contributed by atoms with Gasteiger partial charge in [0.2, 0.25) is 0 Å². The van der Waals surface area contributed by atoms with Crippen LogP contribution in [0.25, 0.3) is 0 Å². The van der Waals surface area contributed by atoms with Crippen LogP contribution >= 0.6 is 0 Å². The predicted octanol–water partition coefficient (Wildman–Crippen LogP) is 2.45. The Balaban J connectivity index is 1.44. The zero-order valence-corrected chi connectivity index (χ0v) is 13.7. The van der Waals surface area contributed by atoms with E-state index in [1.807, 2.05) is 0 Å². The number of hydrogen-bond donors (Lipinski definition) is 1. The largest absolute Gasteiger partial charge is 0.463 e. The molecule has 0 spiro atoms. The van der Waals surface area contributed by atoms with E-state index in [9.17, 15) is 0 Å². The number of nitrogens with one attached hydrogen (secondary N) is 1. The van der Waals surface area contributed by atoms with E-state index in [4.69, 9.17) is 4.42 Å². The smallest absolute Gasteiger partial charge is 0.118 e. The third kappa shape index (κ3) is 4.56. The highest BCUT2D eigenvalue weighted by Gasteiger charge is 2.31. The molecule has 21 heavy (non-hydrogen) atoms. The topological polar surface area (TPSA) is 31.6 Å². The van der Waals surface area contributed by atoms with Crippen molar-refractivity contribution < 1.29 is 4.42 Å². The Morgan fingerprint density at radius 2 is 1.76 bits per heavy atom. The number of hydrogen-bond acceptors (Lipinski definition) is 4. The summed E-state index contributed by atoms with van der Waals surface area (Å²) >= 11 is 0. The van der Waals surface area contributed by atoms with Gasteiger partial charge in [-0.25, -0.2) is 0 Å². The van der Waals surface area contributed by atoms with Crippen molar-refractivity contribution in [3.8, 4) is 0 Å². The lowest BCUT2D eigenvalue weighted by Gasteiger charge is -2.34. The van der Waals surface area contributed by atoms with Gasteiger partial charge >= 0.3 is 0 Å². The van der Waals surface area contributed by atoms with E-state index in [1.165, 1.54) is 39.0 Å². The third-order valence-corrected chi connectivity index (χ3v) is 4.36. The number of rotatable bonds is 5. The summed E-state index contributed by atoms with van der Waals surface area (Å²) in [7, 11) is 0. The predicted molar refractivity (Wildman–Crippen MR) is 85.2 cm³/mol. The lowest BCUT2D eigenvalue weighted by atomic mass is 10.1. The zero-order valence-electron chi connectivity index (χ0n) is 13.7. The molecular formula is C17H29N3O. The first-order valence-corrected chi connectivity index (χ1v) is 8.29. The summed E-state index contributed by atoms with van der Waals surface area (Å²) < 4.78 is 5.95. The van der Waals surface area contributed by atoms with E-state index >= 15 is 0 Å². The summed E-state index contributed by atoms with van der Waals surface area (Å²) in [6.45, 7) is 13.1. The minimum Gasteiger partial charge on any atom is -0.463 e. The van der Waals surface area contributed by atoms with Gasteiger partial charge in [0.1, 0.15) is 11.5 Å². The van der Waals surface area contributed by atoms with Gasteiger partial charge in [-0.05, 0) is 45.7 Å². The highest BCUT2D eigenvalue weighted by atomic mass is 16.3. The summed E-state index contributed by atoms with van der Waals surface area (Å²) in [4.78, 5) is 5.16. The van der Waals surface area contributed by atoms with Crippen molar-refractivity contribution in [1.82, 2.24) is 15.1 Å². The van der Waals surface area contributed by atoms with Crippen molar-refractivity contribution in [2.24, 2.45) is 0 Å². The first kappa shape index (κ1) is 15.1. The Labute approximate surface area is 128 Å². The minimum atomic E-state index is 0.131. The molecule has 0 amide bonds. The summed E-state index contributed by atoms with van der Waals surface area (Å²) in [6.07, 6.45) is 2.84. The summed E-state index contributed by atoms with van der Waals surface area (Å²) in [5.41, 5.74) is 0.131. The van der Waals surface area contributed by atoms with Gasteiger partial charge in [0.15, 0.2) is 0 Å². The summed E-state index contributed by atoms with van der Waals surface area (Å²) in [6, 6.07) is 5.15. The maximum atomic E-state index is 5.95. The normalized spacial score (nSPS) is 21.9. The van der Waals surface area contributed by atoms with Crippen molar-refractivity contribution in [2.75, 3.05) is 26.2 Å². The van der Waals surface area contributed by atoms with Crippen LogP contribution in [0, 0.1) is 0 Å². The highest BCUT2D eigenvalue weighted by molar-refractivity contribution is 5.07. The van der Waals surface area contributed by atoms with E-state index in [0.717, 1.165) is 30.7 Å². The molecule has 2 aliphatic rings. The maximum absolute atomic E-state index is 5.95. The molecule has 4 nitrogen and oxygen atoms in total. The molecule has 0 aromatic carbocycles. The van der Waals surface area contributed by atoms with E-state index in [0.29, 0.717) is 0 Å². The Bertz CT molecular complexity index is 451. The SMILES string of the molecule is CC(C)(C)NCc1ccc(CN2CCN(C3CC3)CC2)o1. The molecule has 1 N–H and O–H groups in total. The van der Waals surface area contributed by atoms with Crippen LogP contribution in [0.3, 0.4) is 0 Å². The maximum Gasteiger partial charge on any atom is 0.118 e. The van der Waals surface area contributed by atoms with E-state index in [2.05, 4.69) is 48.0 Å². The molecule has 1 aromatic rings. The molecule has 1 saturated heterocycles. The number of piperazine rings is 1. The second-order valence-electron chi connectivity index (χ2n) is 7.51. The summed E-state index contributed by atoms with van der Waals surface area (Å²) in [5, 5.41) is 3.47. The molecule has 0 radical (unpaired) electrons. The Kier molecular flexibility index (Phi) is 4.38. The van der Waals surface area contributed by atoms with Crippen LogP contribution < -0.4 is 5.32 Å². The lowest BCUT2D eigenvalue weighted by Crippen LogP contribution is -2.46. The molecule has 2 heterocycles. The van der Waals surface area contributed by atoms with Gasteiger partial charge in [0.05, 0.1) is 13.1 Å². The van der Waals surface area contributed by atoms with Crippen LogP contribution in [-0.4, -0.2) is 47.6 Å². The fraction of sp³-hybridized carbons (Fsp3) is 0.765. The monoisotopic (exact) mass is 291 g/mol. The molecule has 3 rings (SSSR count). The van der Waals surface area contributed by atoms with Crippen LogP contribution in [-0.2, 0) is 13.1 Å². The van der Waals surface area contributed by atoms with Crippen LogP contribution in [0.5, 0.6) is 0 Å². The molecule has 4 heteroatoms. The van der Waals surface area contributed by atoms with Crippen molar-refractivity contribution in [3.63, 3.8) is 0 Å². The van der Waals surface area contributed by atoms with Gasteiger partial charge in [0, 0.05) is 37.8 Å². The van der Waals surface area contributed by atoms with Crippen molar-refractivity contribution in [2.45, 2.75) is 58.3 Å². The van der Waals surface area contributed by atoms with Crippen molar-refractivity contribution in [1.29, 1.82) is 0 Å². The molecule has 0 bridgehead atoms. The van der Waals surface area contributed by atoms with Crippen LogP contribution in [0.1, 0.15) is 45.1 Å². The molecule has 1 aromatic heterocycles. The highest BCUT2D eigenvalue weighted by Crippen LogP contribution is 2.27. The molecular weight excluding hydrogens is 262 g/mol. The second kappa shape index (κ2) is 6.11. The molecule has 1 saturated carbocycles. The Morgan fingerprint density at radius 1 is 1.10 bits per heavy atom. The van der Waals surface area contributed by atoms with Crippen LogP contribution in [0.4, 0.5) is 0 Å². The zero-order chi connectivity index (χ0) is 14.9. The van der Waals surface area contributed by atoms with E-state index < -0.39 is 0 Å². The van der Waals surface area contributed by atoms with Crippen LogP contribution in [0.15, 0.2) is 16.5 Å². The third-order valence-electron chi connectivity index (χ3n) is 4.36. The van der Waals surface area contributed by atoms with Gasteiger partial charge in [-0.2, -0.15) is 0 Å². The quantitative estimate of drug-likeness (QED) is 0.903. The molecule has 1 aliphatic heterocycles. The van der Waals surface area contributed by atoms with Gasteiger partial charge in [-0.1, -0.05) is 0 Å². The van der Waals surface area contributed by atoms with Gasteiger partial charge in [-0.15, -0.1) is 0 Å². The van der Waals surface area contributed by atoms with Gasteiger partial charge in [0.25, 0.3) is 0 Å². The van der Waals surface area contributed by atoms with E-state index in [-0.39, 0.29) is 5.54 Å². The van der Waals surface area contributed by atoms with Crippen molar-refractivity contribution in [3.05, 3.63) is 23.7 Å². The molecule has 0 unspecified atom stereocenters. The first-order chi connectivity index (χ1) is 9.99. The Hall–Kier alpha value is -0.840. The lowest BCUT2D eigenvalue weighted by molar-refractivity contribution is 0.115. The molecule has 118 valence electrons. The number of nitrogens with zero attached hydrogens (tertiary/aromatic N) is 2. The van der Waals surface area contributed by atoms with Gasteiger partial charge in [-0.3, -0.25) is 9.80 Å². The van der Waals surface area contributed by atoms with E-state index in [1.54, 1.807) is 0 Å². The average Bonchev–Trinajstić information content (AvgIpc) is 3.18. The molecule has 1 aliphatic carbocycles. The summed E-state index contributed by atoms with van der Waals surface area (Å²) in [5.74, 6) is 2.14. The second-order valence-corrected chi connectivity index (χ2v) is 7.51. The Morgan fingerprint density at radius 3 is 2.38 bits per heavy atom. The fourth-order valence-electron chi connectivity index (χ4n) is 2.90. The van der Waals surface area contributed by atoms with Gasteiger partial charge < -0.3 is 9.73 Å². The standard InChI is InChI=1S/C17H29N3O/c1-17(2,3)18-12-15-6-7-16(21-15)13-19-8-10-20(11-9-19)14-4-5-14/h6-7,14,18H,4-5,8-13H2,1-3H3. The molecule has 0 atom stereocenters. The van der Waals surface area contributed by atoms with Crippen molar-refractivity contribution >= 4 is 0 Å². The molecule has 2 fully saturated rings. The fourth-order valence-corrected chi connectivity index (χ4v) is 2.90.